The van der Waals surface area contributed by atoms with Gasteiger partial charge >= 0.3 is 0 Å². The third-order valence-electron chi connectivity index (χ3n) is 9.93. The summed E-state index contributed by atoms with van der Waals surface area (Å²) in [6, 6.07) is 56.9. The quantitative estimate of drug-likeness (QED) is 0.190. The van der Waals surface area contributed by atoms with Crippen molar-refractivity contribution in [1.29, 1.82) is 0 Å². The van der Waals surface area contributed by atoms with E-state index in [1.54, 1.807) is 0 Å². The van der Waals surface area contributed by atoms with Crippen LogP contribution in [0.2, 0.25) is 0 Å². The molecule has 0 saturated carbocycles. The van der Waals surface area contributed by atoms with Crippen molar-refractivity contribution in [2.24, 2.45) is 0 Å². The molecule has 0 saturated heterocycles. The normalized spacial score (nSPS) is 12.2. The number of furan rings is 1. The minimum Gasteiger partial charge on any atom is -0.439 e. The number of rotatable bonds is 3. The zero-order valence-corrected chi connectivity index (χ0v) is 26.5. The topological polar surface area (TPSA) is 23.0 Å². The average Bonchev–Trinajstić information content (AvgIpc) is 3.88. The van der Waals surface area contributed by atoms with Crippen LogP contribution in [0, 0.1) is 0 Å². The van der Waals surface area contributed by atoms with Gasteiger partial charge in [-0.1, -0.05) is 97.1 Å². The molecule has 0 fully saturated rings. The van der Waals surface area contributed by atoms with Gasteiger partial charge in [0.1, 0.15) is 5.58 Å². The van der Waals surface area contributed by atoms with E-state index in [-0.39, 0.29) is 0 Å². The van der Waals surface area contributed by atoms with Crippen molar-refractivity contribution in [1.82, 2.24) is 9.13 Å². The Hall–Kier alpha value is -6.10. The molecule has 48 heavy (non-hydrogen) atoms. The van der Waals surface area contributed by atoms with E-state index in [1.807, 2.05) is 11.3 Å². The Morgan fingerprint density at radius 2 is 0.958 bits per heavy atom. The fourth-order valence-corrected chi connectivity index (χ4v) is 8.97. The van der Waals surface area contributed by atoms with E-state index in [0.29, 0.717) is 0 Å². The summed E-state index contributed by atoms with van der Waals surface area (Å²) in [7, 11) is 0. The van der Waals surface area contributed by atoms with E-state index >= 15 is 0 Å². The summed E-state index contributed by atoms with van der Waals surface area (Å²) in [6.07, 6.45) is 0. The Morgan fingerprint density at radius 1 is 0.396 bits per heavy atom. The second-order valence-corrected chi connectivity index (χ2v) is 13.6. The van der Waals surface area contributed by atoms with Crippen molar-refractivity contribution in [3.63, 3.8) is 0 Å². The molecule has 0 bridgehead atoms. The molecular weight excluding hydrogens is 605 g/mol. The van der Waals surface area contributed by atoms with Crippen LogP contribution in [0.15, 0.2) is 162 Å². The number of aromatic nitrogens is 2. The van der Waals surface area contributed by atoms with Crippen molar-refractivity contribution in [2.75, 3.05) is 0 Å². The number of hydrogen-bond acceptors (Lipinski definition) is 2. The average molecular weight is 631 g/mol. The minimum absolute atomic E-state index is 0.883. The fourth-order valence-electron chi connectivity index (χ4n) is 7.79. The third kappa shape index (κ3) is 3.58. The summed E-state index contributed by atoms with van der Waals surface area (Å²) >= 11 is 1.86. The third-order valence-corrected chi connectivity index (χ3v) is 11.0. The first kappa shape index (κ1) is 26.0. The Labute approximate surface area is 279 Å². The number of fused-ring (bicyclic) bond motifs is 11. The zero-order chi connectivity index (χ0) is 31.3. The van der Waals surface area contributed by atoms with Gasteiger partial charge in [0, 0.05) is 53.1 Å². The zero-order valence-electron chi connectivity index (χ0n) is 25.7. The van der Waals surface area contributed by atoms with Gasteiger partial charge in [-0.3, -0.25) is 4.57 Å². The van der Waals surface area contributed by atoms with Gasteiger partial charge < -0.3 is 8.98 Å². The summed E-state index contributed by atoms with van der Waals surface area (Å²) in [6.45, 7) is 0. The maximum absolute atomic E-state index is 6.69. The lowest BCUT2D eigenvalue weighted by Gasteiger charge is -2.08. The van der Waals surface area contributed by atoms with Gasteiger partial charge in [-0.25, -0.2) is 0 Å². The van der Waals surface area contributed by atoms with Crippen LogP contribution < -0.4 is 0 Å². The monoisotopic (exact) mass is 630 g/mol. The highest BCUT2D eigenvalue weighted by Crippen LogP contribution is 2.42. The van der Waals surface area contributed by atoms with E-state index in [4.69, 9.17) is 4.42 Å². The Balaban J connectivity index is 1.05. The standard InChI is InChI=1S/C44H26N2OS/c1-2-10-29(11-3-1)46-39-17-9-6-14-35(39)43-36-22-19-27(24-40(36)47-44(43)46)28-18-21-33-34-23-20-30(26-42(34)48-41(33)25-28)45-37-15-7-4-12-31(37)32-13-5-8-16-38(32)45/h1-26H. The SMILES string of the molecule is c1ccc(-n2c3ccccc3c3c4ccc(-c5ccc6c(c5)sc5cc(-n7c8ccccc8c8ccccc87)ccc56)cc4oc32)cc1. The van der Waals surface area contributed by atoms with Crippen LogP contribution in [-0.2, 0) is 0 Å². The van der Waals surface area contributed by atoms with E-state index in [1.165, 1.54) is 58.6 Å². The molecule has 4 heteroatoms. The van der Waals surface area contributed by atoms with Gasteiger partial charge in [0.05, 0.1) is 21.9 Å². The number of thiophene rings is 1. The molecule has 0 amide bonds. The van der Waals surface area contributed by atoms with Crippen molar-refractivity contribution in [3.05, 3.63) is 158 Å². The van der Waals surface area contributed by atoms with Gasteiger partial charge in [-0.15, -0.1) is 11.3 Å². The lowest BCUT2D eigenvalue weighted by Crippen LogP contribution is -1.92. The Morgan fingerprint density at radius 3 is 1.69 bits per heavy atom. The van der Waals surface area contributed by atoms with Crippen molar-refractivity contribution >= 4 is 86.3 Å². The summed E-state index contributed by atoms with van der Waals surface area (Å²) in [5.41, 5.74) is 10.0. The van der Waals surface area contributed by atoms with Crippen molar-refractivity contribution < 1.29 is 4.42 Å². The van der Waals surface area contributed by atoms with Gasteiger partial charge in [-0.2, -0.15) is 0 Å². The predicted molar refractivity (Wildman–Crippen MR) is 203 cm³/mol. The first-order chi connectivity index (χ1) is 23.8. The lowest BCUT2D eigenvalue weighted by molar-refractivity contribution is 0.645. The molecule has 0 atom stereocenters. The number of benzene rings is 7. The molecule has 0 unspecified atom stereocenters. The van der Waals surface area contributed by atoms with E-state index < -0.39 is 0 Å². The molecule has 0 aliphatic rings. The smallest absolute Gasteiger partial charge is 0.213 e. The molecule has 0 spiro atoms. The predicted octanol–water partition coefficient (Wildman–Crippen LogP) is 12.7. The number of hydrogen-bond donors (Lipinski definition) is 0. The second-order valence-electron chi connectivity index (χ2n) is 12.5. The summed E-state index contributed by atoms with van der Waals surface area (Å²) < 4.78 is 13.9. The van der Waals surface area contributed by atoms with Crippen LogP contribution in [0.3, 0.4) is 0 Å². The summed E-state index contributed by atoms with van der Waals surface area (Å²) in [5, 5.41) is 8.66. The molecular formula is C44H26N2OS. The van der Waals surface area contributed by atoms with Crippen LogP contribution in [0.4, 0.5) is 0 Å². The number of para-hydroxylation sites is 4. The first-order valence-electron chi connectivity index (χ1n) is 16.3. The summed E-state index contributed by atoms with van der Waals surface area (Å²) in [4.78, 5) is 0. The largest absolute Gasteiger partial charge is 0.439 e. The Bertz CT molecular complexity index is 3010. The highest BCUT2D eigenvalue weighted by Gasteiger charge is 2.20. The molecule has 7 aromatic carbocycles. The van der Waals surface area contributed by atoms with Crippen LogP contribution in [0.5, 0.6) is 0 Å². The molecule has 4 aromatic heterocycles. The number of nitrogens with zero attached hydrogens (tertiary/aromatic N) is 2. The molecule has 11 aromatic rings. The maximum atomic E-state index is 6.69. The van der Waals surface area contributed by atoms with E-state index in [9.17, 15) is 0 Å². The molecule has 0 N–H and O–H groups in total. The lowest BCUT2D eigenvalue weighted by atomic mass is 10.0. The van der Waals surface area contributed by atoms with Gasteiger partial charge in [-0.05, 0) is 71.8 Å². The van der Waals surface area contributed by atoms with Gasteiger partial charge in [0.15, 0.2) is 0 Å². The molecule has 11 rings (SSSR count). The Kier molecular flexibility index (Phi) is 5.26. The molecule has 3 nitrogen and oxygen atoms in total. The van der Waals surface area contributed by atoms with E-state index in [0.717, 1.165) is 38.8 Å². The van der Waals surface area contributed by atoms with Crippen LogP contribution >= 0.6 is 11.3 Å². The van der Waals surface area contributed by atoms with Crippen LogP contribution in [0.25, 0.3) is 97.5 Å². The summed E-state index contributed by atoms with van der Waals surface area (Å²) in [5.74, 6) is 0. The van der Waals surface area contributed by atoms with Crippen LogP contribution in [0.1, 0.15) is 0 Å². The molecule has 0 aliphatic heterocycles. The molecule has 224 valence electrons. The molecule has 4 heterocycles. The van der Waals surface area contributed by atoms with Crippen LogP contribution in [-0.4, -0.2) is 9.13 Å². The first-order valence-corrected chi connectivity index (χ1v) is 17.1. The highest BCUT2D eigenvalue weighted by molar-refractivity contribution is 7.25. The van der Waals surface area contributed by atoms with E-state index in [2.05, 4.69) is 167 Å². The van der Waals surface area contributed by atoms with Gasteiger partial charge in [0.2, 0.25) is 5.71 Å². The fraction of sp³-hybridized carbons (Fsp3) is 0. The second kappa shape index (κ2) is 9.71. The molecule has 0 radical (unpaired) electrons. The van der Waals surface area contributed by atoms with Crippen molar-refractivity contribution in [3.8, 4) is 22.5 Å². The maximum Gasteiger partial charge on any atom is 0.213 e. The molecule has 0 aliphatic carbocycles. The minimum atomic E-state index is 0.883. The van der Waals surface area contributed by atoms with Crippen molar-refractivity contribution in [2.45, 2.75) is 0 Å². The van der Waals surface area contributed by atoms with Gasteiger partial charge in [0.25, 0.3) is 0 Å². The highest BCUT2D eigenvalue weighted by atomic mass is 32.1.